The van der Waals surface area contributed by atoms with Crippen LogP contribution in [-0.4, -0.2) is 53.6 Å². The molecule has 0 spiro atoms. The number of thiol groups is 1. The molecular weight excluding hydrogens is 292 g/mol. The van der Waals surface area contributed by atoms with Crippen LogP contribution in [0.2, 0.25) is 0 Å². The molecule has 0 heterocycles. The first-order chi connectivity index (χ1) is 8.35. The van der Waals surface area contributed by atoms with Crippen LogP contribution in [0.5, 0.6) is 0 Å². The summed E-state index contributed by atoms with van der Waals surface area (Å²) >= 11 is 3.95. The van der Waals surface area contributed by atoms with Crippen molar-refractivity contribution in [2.24, 2.45) is 5.41 Å². The van der Waals surface area contributed by atoms with Crippen LogP contribution in [0.4, 0.5) is 0 Å². The van der Waals surface area contributed by atoms with Crippen molar-refractivity contribution in [3.63, 3.8) is 0 Å². The maximum Gasteiger partial charge on any atom is 0.249 e. The van der Waals surface area contributed by atoms with Crippen molar-refractivity contribution >= 4 is 36.9 Å². The smallest absolute Gasteiger partial charge is 0.249 e. The van der Waals surface area contributed by atoms with E-state index in [1.54, 1.807) is 13.8 Å². The van der Waals surface area contributed by atoms with Crippen LogP contribution in [0, 0.1) is 5.41 Å². The SMILES string of the molecule is CC(C)(CO)[C@@H](O)C(=O)NCCC(=O)NCCS.Cl. The van der Waals surface area contributed by atoms with E-state index >= 15 is 0 Å². The van der Waals surface area contributed by atoms with Crippen molar-refractivity contribution in [3.05, 3.63) is 0 Å². The summed E-state index contributed by atoms with van der Waals surface area (Å²) in [5.41, 5.74) is -0.904. The van der Waals surface area contributed by atoms with Gasteiger partial charge in [0.15, 0.2) is 0 Å². The quantitative estimate of drug-likeness (QED) is 0.384. The Bertz CT molecular complexity index is 290. The number of carbonyl (C=O) groups excluding carboxylic acids is 2. The minimum Gasteiger partial charge on any atom is -0.396 e. The number of nitrogens with one attached hydrogen (secondary N) is 2. The topological polar surface area (TPSA) is 98.7 Å². The fraction of sp³-hybridized carbons (Fsp3) is 0.818. The molecule has 0 saturated carbocycles. The minimum absolute atomic E-state index is 0. The van der Waals surface area contributed by atoms with Crippen molar-refractivity contribution in [1.82, 2.24) is 10.6 Å². The lowest BCUT2D eigenvalue weighted by Crippen LogP contribution is -2.46. The average Bonchev–Trinajstić information content (AvgIpc) is 2.35. The number of carbonyl (C=O) groups is 2. The molecule has 114 valence electrons. The minimum atomic E-state index is -1.30. The maximum atomic E-state index is 11.5. The van der Waals surface area contributed by atoms with E-state index in [0.29, 0.717) is 12.3 Å². The molecule has 6 nitrogen and oxygen atoms in total. The number of aliphatic hydroxyl groups excluding tert-OH is 2. The molecule has 0 fully saturated rings. The van der Waals surface area contributed by atoms with E-state index in [4.69, 9.17) is 5.11 Å². The highest BCUT2D eigenvalue weighted by molar-refractivity contribution is 7.80. The molecule has 0 unspecified atom stereocenters. The van der Waals surface area contributed by atoms with Crippen molar-refractivity contribution in [2.45, 2.75) is 26.4 Å². The molecule has 2 amide bonds. The van der Waals surface area contributed by atoms with Gasteiger partial charge in [-0.05, 0) is 0 Å². The number of halogens is 1. The monoisotopic (exact) mass is 314 g/mol. The van der Waals surface area contributed by atoms with Gasteiger partial charge in [-0.1, -0.05) is 13.8 Å². The van der Waals surface area contributed by atoms with Gasteiger partial charge in [-0.25, -0.2) is 0 Å². The zero-order valence-electron chi connectivity index (χ0n) is 11.2. The van der Waals surface area contributed by atoms with Gasteiger partial charge in [0, 0.05) is 30.7 Å². The van der Waals surface area contributed by atoms with Gasteiger partial charge in [0.25, 0.3) is 0 Å². The Hall–Kier alpha value is -0.500. The van der Waals surface area contributed by atoms with E-state index in [1.165, 1.54) is 0 Å². The van der Waals surface area contributed by atoms with Crippen molar-refractivity contribution in [2.75, 3.05) is 25.4 Å². The van der Waals surface area contributed by atoms with Gasteiger partial charge in [-0.2, -0.15) is 12.6 Å². The van der Waals surface area contributed by atoms with Crippen LogP contribution in [0.3, 0.4) is 0 Å². The first-order valence-corrected chi connectivity index (χ1v) is 6.42. The van der Waals surface area contributed by atoms with Gasteiger partial charge in [0.1, 0.15) is 6.10 Å². The Morgan fingerprint density at radius 2 is 1.84 bits per heavy atom. The third kappa shape index (κ3) is 8.30. The Morgan fingerprint density at radius 3 is 2.32 bits per heavy atom. The van der Waals surface area contributed by atoms with Crippen LogP contribution in [0.25, 0.3) is 0 Å². The lowest BCUT2D eigenvalue weighted by molar-refractivity contribution is -0.137. The molecule has 0 aromatic carbocycles. The lowest BCUT2D eigenvalue weighted by atomic mass is 9.87. The van der Waals surface area contributed by atoms with Gasteiger partial charge in [0.05, 0.1) is 6.61 Å². The highest BCUT2D eigenvalue weighted by atomic mass is 35.5. The number of hydrogen-bond donors (Lipinski definition) is 5. The summed E-state index contributed by atoms with van der Waals surface area (Å²) in [4.78, 5) is 22.7. The highest BCUT2D eigenvalue weighted by Crippen LogP contribution is 2.19. The first-order valence-electron chi connectivity index (χ1n) is 5.79. The van der Waals surface area contributed by atoms with Gasteiger partial charge in [-0.15, -0.1) is 12.4 Å². The molecule has 0 aliphatic rings. The number of hydrogen-bond acceptors (Lipinski definition) is 5. The largest absolute Gasteiger partial charge is 0.396 e. The van der Waals surface area contributed by atoms with Crippen LogP contribution in [-0.2, 0) is 9.59 Å². The molecule has 0 saturated heterocycles. The second-order valence-electron chi connectivity index (χ2n) is 4.66. The maximum absolute atomic E-state index is 11.5. The van der Waals surface area contributed by atoms with E-state index in [1.807, 2.05) is 0 Å². The molecule has 0 aromatic rings. The van der Waals surface area contributed by atoms with E-state index in [-0.39, 0.29) is 37.9 Å². The molecule has 0 radical (unpaired) electrons. The molecule has 0 rings (SSSR count). The molecule has 8 heteroatoms. The van der Waals surface area contributed by atoms with Crippen LogP contribution in [0.1, 0.15) is 20.3 Å². The molecule has 0 bridgehead atoms. The van der Waals surface area contributed by atoms with Gasteiger partial charge in [-0.3, -0.25) is 9.59 Å². The zero-order valence-corrected chi connectivity index (χ0v) is 12.9. The third-order valence-electron chi connectivity index (χ3n) is 2.48. The van der Waals surface area contributed by atoms with E-state index < -0.39 is 17.4 Å². The Kier molecular flexibility index (Phi) is 11.3. The van der Waals surface area contributed by atoms with Gasteiger partial charge >= 0.3 is 0 Å². The Labute approximate surface area is 125 Å². The molecule has 19 heavy (non-hydrogen) atoms. The number of amides is 2. The predicted molar refractivity (Wildman–Crippen MR) is 78.6 cm³/mol. The van der Waals surface area contributed by atoms with Gasteiger partial charge in [0.2, 0.25) is 11.8 Å². The normalized spacial score (nSPS) is 12.3. The summed E-state index contributed by atoms with van der Waals surface area (Å²) < 4.78 is 0. The van der Waals surface area contributed by atoms with Crippen molar-refractivity contribution in [3.8, 4) is 0 Å². The fourth-order valence-corrected chi connectivity index (χ4v) is 1.23. The van der Waals surface area contributed by atoms with Crippen molar-refractivity contribution < 1.29 is 19.8 Å². The summed E-state index contributed by atoms with van der Waals surface area (Å²) in [5.74, 6) is -0.210. The predicted octanol–water partition coefficient (Wildman–Crippen LogP) is -0.660. The van der Waals surface area contributed by atoms with Crippen LogP contribution < -0.4 is 10.6 Å². The second kappa shape index (κ2) is 10.3. The third-order valence-corrected chi connectivity index (χ3v) is 2.70. The first kappa shape index (κ1) is 20.8. The van der Waals surface area contributed by atoms with E-state index in [0.717, 1.165) is 0 Å². The van der Waals surface area contributed by atoms with Gasteiger partial charge < -0.3 is 20.8 Å². The number of rotatable bonds is 8. The fourth-order valence-electron chi connectivity index (χ4n) is 1.12. The highest BCUT2D eigenvalue weighted by Gasteiger charge is 2.32. The summed E-state index contributed by atoms with van der Waals surface area (Å²) in [6.07, 6.45) is -1.16. The van der Waals surface area contributed by atoms with E-state index in [9.17, 15) is 14.7 Å². The van der Waals surface area contributed by atoms with Crippen molar-refractivity contribution in [1.29, 1.82) is 0 Å². The molecule has 0 aromatic heterocycles. The zero-order chi connectivity index (χ0) is 14.2. The second-order valence-corrected chi connectivity index (χ2v) is 5.11. The molecular formula is C11H23ClN2O4S. The average molecular weight is 315 g/mol. The molecule has 0 aliphatic carbocycles. The molecule has 4 N–H and O–H groups in total. The summed E-state index contributed by atoms with van der Waals surface area (Å²) in [5, 5.41) is 23.7. The summed E-state index contributed by atoms with van der Waals surface area (Å²) in [6, 6.07) is 0. The summed E-state index contributed by atoms with van der Waals surface area (Å²) in [6.45, 7) is 3.49. The lowest BCUT2D eigenvalue weighted by Gasteiger charge is -2.27. The molecule has 0 aliphatic heterocycles. The number of aliphatic hydroxyl groups is 2. The standard InChI is InChI=1S/C11H22N2O4S.ClH/c1-11(2,7-14)9(16)10(17)13-4-3-8(15)12-5-6-18;/h9,14,16,18H,3-7H2,1-2H3,(H,12,15)(H,13,17);1H/t9-;/m0./s1. The Balaban J connectivity index is 0. The van der Waals surface area contributed by atoms with Crippen LogP contribution >= 0.6 is 25.0 Å². The van der Waals surface area contributed by atoms with E-state index in [2.05, 4.69) is 23.3 Å². The molecule has 1 atom stereocenters. The van der Waals surface area contributed by atoms with Crippen LogP contribution in [0.15, 0.2) is 0 Å². The Morgan fingerprint density at radius 1 is 1.26 bits per heavy atom. The summed E-state index contributed by atoms with van der Waals surface area (Å²) in [7, 11) is 0.